The molecule has 0 aliphatic heterocycles. The molecule has 2 saturated carbocycles. The van der Waals surface area contributed by atoms with Crippen molar-refractivity contribution in [3.05, 3.63) is 11.6 Å². The van der Waals surface area contributed by atoms with Crippen LogP contribution in [-0.2, 0) is 0 Å². The summed E-state index contributed by atoms with van der Waals surface area (Å²) in [6.07, 6.45) is 7.11. The van der Waals surface area contributed by atoms with E-state index in [1.807, 2.05) is 0 Å². The lowest BCUT2D eigenvalue weighted by Gasteiger charge is -2.28. The third-order valence-electron chi connectivity index (χ3n) is 4.61. The number of fused-ring (bicyclic) bond motifs is 5. The van der Waals surface area contributed by atoms with Crippen molar-refractivity contribution in [2.45, 2.75) is 33.1 Å². The van der Waals surface area contributed by atoms with E-state index >= 15 is 0 Å². The number of rotatable bonds is 0. The summed E-state index contributed by atoms with van der Waals surface area (Å²) in [6.45, 7) is 4.78. The van der Waals surface area contributed by atoms with Crippen molar-refractivity contribution >= 4 is 0 Å². The van der Waals surface area contributed by atoms with Gasteiger partial charge in [-0.1, -0.05) is 18.6 Å². The molecule has 0 aromatic rings. The van der Waals surface area contributed by atoms with E-state index in [1.54, 1.807) is 12.0 Å². The molecule has 12 heavy (non-hydrogen) atoms. The van der Waals surface area contributed by atoms with Crippen LogP contribution in [-0.4, -0.2) is 0 Å². The van der Waals surface area contributed by atoms with Gasteiger partial charge >= 0.3 is 0 Å². The molecule has 0 aromatic carbocycles. The van der Waals surface area contributed by atoms with Gasteiger partial charge in [-0.2, -0.15) is 0 Å². The molecule has 0 heterocycles. The van der Waals surface area contributed by atoms with Crippen LogP contribution in [0.5, 0.6) is 0 Å². The van der Waals surface area contributed by atoms with E-state index in [4.69, 9.17) is 0 Å². The van der Waals surface area contributed by atoms with Crippen molar-refractivity contribution in [1.82, 2.24) is 0 Å². The van der Waals surface area contributed by atoms with Crippen LogP contribution < -0.4 is 0 Å². The van der Waals surface area contributed by atoms with Gasteiger partial charge < -0.3 is 0 Å². The van der Waals surface area contributed by atoms with Crippen LogP contribution in [0.15, 0.2) is 11.6 Å². The van der Waals surface area contributed by atoms with Crippen LogP contribution in [0.3, 0.4) is 0 Å². The minimum atomic E-state index is 0.999. The maximum Gasteiger partial charge on any atom is -0.0166 e. The van der Waals surface area contributed by atoms with Crippen LogP contribution in [0.2, 0.25) is 0 Å². The zero-order chi connectivity index (χ0) is 8.29. The highest BCUT2D eigenvalue weighted by Crippen LogP contribution is 2.59. The summed E-state index contributed by atoms with van der Waals surface area (Å²) in [7, 11) is 0. The Hall–Kier alpha value is -0.260. The van der Waals surface area contributed by atoms with E-state index < -0.39 is 0 Å². The molecule has 0 saturated heterocycles. The third kappa shape index (κ3) is 0.739. The highest BCUT2D eigenvalue weighted by Gasteiger charge is 2.51. The molecule has 66 valence electrons. The molecule has 5 unspecified atom stereocenters. The normalized spacial score (nSPS) is 55.8. The summed E-state index contributed by atoms with van der Waals surface area (Å²) in [5, 5.41) is 0. The molecule has 0 spiro atoms. The lowest BCUT2D eigenvalue weighted by atomic mass is 9.76. The first-order chi connectivity index (χ1) is 5.75. The predicted molar refractivity (Wildman–Crippen MR) is 50.7 cm³/mol. The van der Waals surface area contributed by atoms with E-state index in [0.29, 0.717) is 0 Å². The maximum atomic E-state index is 2.59. The standard InChI is InChI=1S/C12H18/c1-7-3-11-9-5-8(2)10(6-9)12(11)4-7/h4,8-12H,3,5-6H2,1-2H3. The van der Waals surface area contributed by atoms with E-state index in [-0.39, 0.29) is 0 Å². The second kappa shape index (κ2) is 2.16. The quantitative estimate of drug-likeness (QED) is 0.480. The second-order valence-corrected chi connectivity index (χ2v) is 5.33. The number of allylic oxidation sites excluding steroid dienone is 2. The van der Waals surface area contributed by atoms with E-state index in [1.165, 1.54) is 12.8 Å². The summed E-state index contributed by atoms with van der Waals surface area (Å²) in [5.74, 6) is 5.27. The molecule has 0 nitrogen and oxygen atoms in total. The van der Waals surface area contributed by atoms with Crippen LogP contribution in [0.1, 0.15) is 33.1 Å². The van der Waals surface area contributed by atoms with Gasteiger partial charge in [-0.3, -0.25) is 0 Å². The van der Waals surface area contributed by atoms with Crippen LogP contribution in [0.25, 0.3) is 0 Å². The minimum Gasteiger partial charge on any atom is -0.0819 e. The summed E-state index contributed by atoms with van der Waals surface area (Å²) in [4.78, 5) is 0. The highest BCUT2D eigenvalue weighted by molar-refractivity contribution is 5.19. The monoisotopic (exact) mass is 162 g/mol. The average Bonchev–Trinajstić information content (AvgIpc) is 2.57. The summed E-state index contributed by atoms with van der Waals surface area (Å²) in [5.41, 5.74) is 1.67. The predicted octanol–water partition coefficient (Wildman–Crippen LogP) is 3.24. The van der Waals surface area contributed by atoms with Gasteiger partial charge in [0.2, 0.25) is 0 Å². The molecule has 3 aliphatic carbocycles. The van der Waals surface area contributed by atoms with Gasteiger partial charge in [0.05, 0.1) is 0 Å². The molecule has 3 rings (SSSR count). The van der Waals surface area contributed by atoms with Crippen molar-refractivity contribution in [3.8, 4) is 0 Å². The Morgan fingerprint density at radius 1 is 1.25 bits per heavy atom. The molecule has 0 N–H and O–H groups in total. The van der Waals surface area contributed by atoms with Crippen molar-refractivity contribution in [1.29, 1.82) is 0 Å². The first-order valence-electron chi connectivity index (χ1n) is 5.43. The topological polar surface area (TPSA) is 0 Å². The molecular formula is C12H18. The maximum absolute atomic E-state index is 2.59. The van der Waals surface area contributed by atoms with E-state index in [2.05, 4.69) is 19.9 Å². The Morgan fingerprint density at radius 3 is 2.92 bits per heavy atom. The fraction of sp³-hybridized carbons (Fsp3) is 0.833. The SMILES string of the molecule is CC1=CC2C3CC(CC3C)C2C1. The minimum absolute atomic E-state index is 0.999. The number of hydrogen-bond donors (Lipinski definition) is 0. The molecular weight excluding hydrogens is 144 g/mol. The van der Waals surface area contributed by atoms with Gasteiger partial charge in [-0.05, 0) is 55.8 Å². The van der Waals surface area contributed by atoms with Crippen molar-refractivity contribution in [2.24, 2.45) is 29.6 Å². The second-order valence-electron chi connectivity index (χ2n) is 5.33. The van der Waals surface area contributed by atoms with Gasteiger partial charge in [-0.15, -0.1) is 0 Å². The van der Waals surface area contributed by atoms with Gasteiger partial charge in [0, 0.05) is 0 Å². The first-order valence-corrected chi connectivity index (χ1v) is 5.43. The van der Waals surface area contributed by atoms with E-state index in [9.17, 15) is 0 Å². The van der Waals surface area contributed by atoms with Crippen LogP contribution in [0, 0.1) is 29.6 Å². The fourth-order valence-electron chi connectivity index (χ4n) is 4.17. The first kappa shape index (κ1) is 7.17. The van der Waals surface area contributed by atoms with Gasteiger partial charge in [0.15, 0.2) is 0 Å². The molecule has 0 heteroatoms. The van der Waals surface area contributed by atoms with Crippen LogP contribution >= 0.6 is 0 Å². The van der Waals surface area contributed by atoms with E-state index in [0.717, 1.165) is 29.6 Å². The highest BCUT2D eigenvalue weighted by atomic mass is 14.6. The largest absolute Gasteiger partial charge is 0.0819 e. The Balaban J connectivity index is 1.93. The van der Waals surface area contributed by atoms with Gasteiger partial charge in [0.25, 0.3) is 0 Å². The Bertz CT molecular complexity index is 238. The fourth-order valence-corrected chi connectivity index (χ4v) is 4.17. The van der Waals surface area contributed by atoms with Gasteiger partial charge in [-0.25, -0.2) is 0 Å². The lowest BCUT2D eigenvalue weighted by Crippen LogP contribution is -2.22. The van der Waals surface area contributed by atoms with Crippen molar-refractivity contribution in [2.75, 3.05) is 0 Å². The molecule has 0 aromatic heterocycles. The summed E-state index contributed by atoms with van der Waals surface area (Å²) in [6, 6.07) is 0. The molecule has 5 atom stereocenters. The Morgan fingerprint density at radius 2 is 2.08 bits per heavy atom. The Kier molecular flexibility index (Phi) is 1.29. The Labute approximate surface area is 75.0 Å². The third-order valence-corrected chi connectivity index (χ3v) is 4.61. The molecule has 2 fully saturated rings. The smallest absolute Gasteiger partial charge is 0.0166 e. The summed E-state index contributed by atoms with van der Waals surface area (Å²) >= 11 is 0. The molecule has 3 aliphatic rings. The van der Waals surface area contributed by atoms with Crippen molar-refractivity contribution < 1.29 is 0 Å². The average molecular weight is 162 g/mol. The lowest BCUT2D eigenvalue weighted by molar-refractivity contribution is 0.224. The van der Waals surface area contributed by atoms with Crippen LogP contribution in [0.4, 0.5) is 0 Å². The number of hydrogen-bond acceptors (Lipinski definition) is 0. The zero-order valence-electron chi connectivity index (χ0n) is 8.09. The zero-order valence-corrected chi connectivity index (χ0v) is 8.09. The molecule has 2 bridgehead atoms. The molecule has 0 amide bonds. The summed E-state index contributed by atoms with van der Waals surface area (Å²) < 4.78 is 0. The molecule has 0 radical (unpaired) electrons. The van der Waals surface area contributed by atoms with Gasteiger partial charge in [0.1, 0.15) is 0 Å². The van der Waals surface area contributed by atoms with Crippen molar-refractivity contribution in [3.63, 3.8) is 0 Å².